The number of carbonyl (C=O) groups excluding carboxylic acids is 1. The van der Waals surface area contributed by atoms with E-state index in [0.29, 0.717) is 10.7 Å². The summed E-state index contributed by atoms with van der Waals surface area (Å²) in [5.74, 6) is -0.503. The van der Waals surface area contributed by atoms with Crippen molar-refractivity contribution in [3.63, 3.8) is 0 Å². The molecule has 0 fully saturated rings. The maximum Gasteiger partial charge on any atom is 0.358 e. The van der Waals surface area contributed by atoms with Crippen LogP contribution in [-0.2, 0) is 4.74 Å². The number of imidazole rings is 1. The third kappa shape index (κ3) is 1.22. The molecular weight excluding hydrogens is 206 g/mol. The zero-order valence-electron chi connectivity index (χ0n) is 7.27. The number of ether oxygens (including phenoxy) is 1. The van der Waals surface area contributed by atoms with Crippen molar-refractivity contribution >= 4 is 23.1 Å². The Hall–Kier alpha value is -1.62. The molecule has 14 heavy (non-hydrogen) atoms. The fourth-order valence-electron chi connectivity index (χ4n) is 1.14. The molecule has 0 spiro atoms. The quantitative estimate of drug-likeness (QED) is 0.665. The molecule has 5 nitrogen and oxygen atoms in total. The highest BCUT2D eigenvalue weighted by Crippen LogP contribution is 2.14. The number of hydrogen-bond donors (Lipinski definition) is 0. The molecule has 0 aliphatic rings. The highest BCUT2D eigenvalue weighted by atomic mass is 35.5. The highest BCUT2D eigenvalue weighted by Gasteiger charge is 2.14. The molecule has 0 amide bonds. The number of carbonyl (C=O) groups is 1. The number of esters is 1. The van der Waals surface area contributed by atoms with Crippen LogP contribution in [0.1, 0.15) is 10.5 Å². The number of methoxy groups -OCH3 is 1. The van der Waals surface area contributed by atoms with Gasteiger partial charge in [0.1, 0.15) is 11.5 Å². The molecule has 72 valence electrons. The second-order valence-corrected chi connectivity index (χ2v) is 2.96. The summed E-state index contributed by atoms with van der Waals surface area (Å²) in [6.07, 6.45) is 4.42. The summed E-state index contributed by atoms with van der Waals surface area (Å²) in [4.78, 5) is 19.0. The largest absolute Gasteiger partial charge is 0.464 e. The molecule has 2 rings (SSSR count). The summed E-state index contributed by atoms with van der Waals surface area (Å²) >= 11 is 5.83. The Balaban J connectivity index is 2.70. The summed E-state index contributed by atoms with van der Waals surface area (Å²) < 4.78 is 6.11. The van der Waals surface area contributed by atoms with Crippen molar-refractivity contribution < 1.29 is 9.53 Å². The fraction of sp³-hybridized carbons (Fsp3) is 0.125. The first-order valence-corrected chi connectivity index (χ1v) is 4.16. The van der Waals surface area contributed by atoms with E-state index < -0.39 is 5.97 Å². The molecule has 0 aliphatic heterocycles. The van der Waals surface area contributed by atoms with Crippen LogP contribution in [0, 0.1) is 0 Å². The molecule has 0 bridgehead atoms. The molecule has 2 aromatic rings. The Labute approximate surface area is 84.3 Å². The molecule has 0 radical (unpaired) electrons. The van der Waals surface area contributed by atoms with Gasteiger partial charge in [0.15, 0.2) is 5.69 Å². The molecule has 0 aromatic carbocycles. The van der Waals surface area contributed by atoms with Gasteiger partial charge in [-0.05, 0) is 0 Å². The number of hydrogen-bond acceptors (Lipinski definition) is 4. The van der Waals surface area contributed by atoms with E-state index in [1.807, 2.05) is 0 Å². The van der Waals surface area contributed by atoms with Crippen LogP contribution < -0.4 is 0 Å². The molecule has 0 N–H and O–H groups in total. The number of aromatic nitrogens is 3. The minimum absolute atomic E-state index is 0.211. The lowest BCUT2D eigenvalue weighted by Crippen LogP contribution is -2.02. The third-order valence-corrected chi connectivity index (χ3v) is 2.07. The van der Waals surface area contributed by atoms with E-state index in [-0.39, 0.29) is 5.69 Å². The van der Waals surface area contributed by atoms with E-state index >= 15 is 0 Å². The Morgan fingerprint density at radius 2 is 2.36 bits per heavy atom. The van der Waals surface area contributed by atoms with Gasteiger partial charge in [-0.1, -0.05) is 11.6 Å². The van der Waals surface area contributed by atoms with Crippen LogP contribution in [0.25, 0.3) is 5.52 Å². The van der Waals surface area contributed by atoms with Crippen molar-refractivity contribution in [2.24, 2.45) is 0 Å². The lowest BCUT2D eigenvalue weighted by Gasteiger charge is -1.97. The predicted octanol–water partition coefficient (Wildman–Crippen LogP) is 1.17. The lowest BCUT2D eigenvalue weighted by atomic mass is 10.4. The van der Waals surface area contributed by atoms with E-state index in [1.54, 1.807) is 4.40 Å². The molecule has 2 heterocycles. The average Bonchev–Trinajstić information content (AvgIpc) is 2.62. The molecule has 0 unspecified atom stereocenters. The SMILES string of the molecule is COC(=O)c1ncn2c(Cl)cncc12. The van der Waals surface area contributed by atoms with Crippen LogP contribution in [0.15, 0.2) is 18.7 Å². The monoisotopic (exact) mass is 211 g/mol. The maximum atomic E-state index is 11.2. The topological polar surface area (TPSA) is 56.5 Å². The van der Waals surface area contributed by atoms with Gasteiger partial charge in [0.05, 0.1) is 25.0 Å². The van der Waals surface area contributed by atoms with Crippen LogP contribution >= 0.6 is 11.6 Å². The van der Waals surface area contributed by atoms with Crippen LogP contribution in [-0.4, -0.2) is 27.4 Å². The van der Waals surface area contributed by atoms with E-state index in [4.69, 9.17) is 11.6 Å². The summed E-state index contributed by atoms with van der Waals surface area (Å²) in [5, 5.41) is 0.394. The molecule has 0 saturated heterocycles. The Morgan fingerprint density at radius 3 is 3.07 bits per heavy atom. The first-order chi connectivity index (χ1) is 6.74. The van der Waals surface area contributed by atoms with Gasteiger partial charge >= 0.3 is 5.97 Å². The Kier molecular flexibility index (Phi) is 2.09. The number of nitrogens with zero attached hydrogens (tertiary/aromatic N) is 3. The van der Waals surface area contributed by atoms with Crippen molar-refractivity contribution in [1.82, 2.24) is 14.4 Å². The average molecular weight is 212 g/mol. The zero-order valence-corrected chi connectivity index (χ0v) is 8.02. The number of fused-ring (bicyclic) bond motifs is 1. The molecular formula is C8H6ClN3O2. The number of rotatable bonds is 1. The predicted molar refractivity (Wildman–Crippen MR) is 49.3 cm³/mol. The van der Waals surface area contributed by atoms with Crippen molar-refractivity contribution in [3.05, 3.63) is 29.6 Å². The summed E-state index contributed by atoms with van der Waals surface area (Å²) in [5.41, 5.74) is 0.742. The minimum atomic E-state index is -0.503. The summed E-state index contributed by atoms with van der Waals surface area (Å²) in [7, 11) is 1.30. The second-order valence-electron chi connectivity index (χ2n) is 2.57. The van der Waals surface area contributed by atoms with E-state index in [0.717, 1.165) is 0 Å². The van der Waals surface area contributed by atoms with Gasteiger partial charge in [-0.15, -0.1) is 0 Å². The van der Waals surface area contributed by atoms with Crippen molar-refractivity contribution in [3.8, 4) is 0 Å². The fourth-order valence-corrected chi connectivity index (χ4v) is 1.33. The standard InChI is InChI=1S/C8H6ClN3O2/c1-14-8(13)7-5-2-10-3-6(9)12(5)4-11-7/h2-4H,1H3. The first-order valence-electron chi connectivity index (χ1n) is 3.79. The molecule has 0 saturated carbocycles. The number of halogens is 1. The lowest BCUT2D eigenvalue weighted by molar-refractivity contribution is 0.0597. The molecule has 0 aliphatic carbocycles. The summed E-state index contributed by atoms with van der Waals surface area (Å²) in [6, 6.07) is 0. The normalized spacial score (nSPS) is 10.4. The highest BCUT2D eigenvalue weighted by molar-refractivity contribution is 6.29. The zero-order chi connectivity index (χ0) is 10.1. The van der Waals surface area contributed by atoms with Gasteiger partial charge in [-0.25, -0.2) is 9.78 Å². The van der Waals surface area contributed by atoms with E-state index in [2.05, 4.69) is 14.7 Å². The van der Waals surface area contributed by atoms with Crippen LogP contribution in [0.2, 0.25) is 5.15 Å². The molecule has 0 atom stereocenters. The van der Waals surface area contributed by atoms with E-state index in [9.17, 15) is 4.79 Å². The van der Waals surface area contributed by atoms with Crippen LogP contribution in [0.4, 0.5) is 0 Å². The third-order valence-electron chi connectivity index (χ3n) is 1.79. The Morgan fingerprint density at radius 1 is 1.57 bits per heavy atom. The van der Waals surface area contributed by atoms with Crippen LogP contribution in [0.5, 0.6) is 0 Å². The van der Waals surface area contributed by atoms with Gasteiger partial charge in [-0.3, -0.25) is 9.38 Å². The Bertz CT molecular complexity index is 494. The minimum Gasteiger partial charge on any atom is -0.464 e. The smallest absolute Gasteiger partial charge is 0.358 e. The first kappa shape index (κ1) is 8.96. The van der Waals surface area contributed by atoms with Gasteiger partial charge in [-0.2, -0.15) is 0 Å². The van der Waals surface area contributed by atoms with Gasteiger partial charge in [0, 0.05) is 0 Å². The van der Waals surface area contributed by atoms with Gasteiger partial charge in [0.25, 0.3) is 0 Å². The second kappa shape index (κ2) is 3.26. The maximum absolute atomic E-state index is 11.2. The molecule has 2 aromatic heterocycles. The van der Waals surface area contributed by atoms with Crippen molar-refractivity contribution in [2.75, 3.05) is 7.11 Å². The summed E-state index contributed by atoms with van der Waals surface area (Å²) in [6.45, 7) is 0. The van der Waals surface area contributed by atoms with Crippen LogP contribution in [0.3, 0.4) is 0 Å². The van der Waals surface area contributed by atoms with Crippen molar-refractivity contribution in [2.45, 2.75) is 0 Å². The molecule has 6 heteroatoms. The van der Waals surface area contributed by atoms with Gasteiger partial charge < -0.3 is 4.74 Å². The van der Waals surface area contributed by atoms with Crippen molar-refractivity contribution in [1.29, 1.82) is 0 Å². The van der Waals surface area contributed by atoms with Gasteiger partial charge in [0.2, 0.25) is 0 Å². The van der Waals surface area contributed by atoms with E-state index in [1.165, 1.54) is 25.8 Å².